The number of hydrogen-bond acceptors (Lipinski definition) is 3. The highest BCUT2D eigenvalue weighted by atomic mass is 16.2. The molecular weight excluding hydrogens is 238 g/mol. The third-order valence-electron chi connectivity index (χ3n) is 3.33. The van der Waals surface area contributed by atoms with Gasteiger partial charge in [-0.1, -0.05) is 12.0 Å². The third kappa shape index (κ3) is 3.73. The zero-order valence-corrected chi connectivity index (χ0v) is 11.2. The molecule has 100 valence electrons. The number of carbonyl (C=O) groups excluding carboxylic acids is 1. The van der Waals surface area contributed by atoms with Crippen molar-refractivity contribution < 1.29 is 4.79 Å². The molecule has 1 fully saturated rings. The summed E-state index contributed by atoms with van der Waals surface area (Å²) in [7, 11) is 2.07. The van der Waals surface area contributed by atoms with Gasteiger partial charge in [0.15, 0.2) is 0 Å². The molecule has 0 spiro atoms. The number of piperazine rings is 1. The van der Waals surface area contributed by atoms with Crippen molar-refractivity contribution in [3.63, 3.8) is 0 Å². The summed E-state index contributed by atoms with van der Waals surface area (Å²) in [6, 6.07) is 7.54. The average Bonchev–Trinajstić information content (AvgIpc) is 2.46. The van der Waals surface area contributed by atoms with Gasteiger partial charge in [-0.2, -0.15) is 0 Å². The predicted octanol–water partition coefficient (Wildman–Crippen LogP) is 0.854. The van der Waals surface area contributed by atoms with Crippen molar-refractivity contribution in [1.29, 1.82) is 0 Å². The van der Waals surface area contributed by atoms with Crippen LogP contribution in [0, 0.1) is 12.3 Å². The first-order valence-electron chi connectivity index (χ1n) is 6.46. The summed E-state index contributed by atoms with van der Waals surface area (Å²) in [6.45, 7) is 3.82. The Morgan fingerprint density at radius 3 is 2.79 bits per heavy atom. The van der Waals surface area contributed by atoms with E-state index < -0.39 is 0 Å². The monoisotopic (exact) mass is 257 g/mol. The van der Waals surface area contributed by atoms with Gasteiger partial charge in [0, 0.05) is 37.4 Å². The van der Waals surface area contributed by atoms with Crippen LogP contribution >= 0.6 is 0 Å². The van der Waals surface area contributed by atoms with Gasteiger partial charge in [-0.15, -0.1) is 6.42 Å². The number of benzene rings is 1. The van der Waals surface area contributed by atoms with E-state index in [1.165, 1.54) is 0 Å². The van der Waals surface area contributed by atoms with E-state index in [-0.39, 0.29) is 5.91 Å². The minimum atomic E-state index is 0.138. The normalized spacial score (nSPS) is 15.9. The molecular formula is C15H19N3O. The Labute approximate surface area is 114 Å². The van der Waals surface area contributed by atoms with Crippen LogP contribution in [0.25, 0.3) is 0 Å². The van der Waals surface area contributed by atoms with Gasteiger partial charge in [0.2, 0.25) is 5.91 Å². The zero-order valence-electron chi connectivity index (χ0n) is 11.2. The van der Waals surface area contributed by atoms with E-state index >= 15 is 0 Å². The van der Waals surface area contributed by atoms with Crippen molar-refractivity contribution in [3.05, 3.63) is 29.8 Å². The van der Waals surface area contributed by atoms with Gasteiger partial charge in [0.25, 0.3) is 0 Å². The van der Waals surface area contributed by atoms with Crippen molar-refractivity contribution in [3.8, 4) is 12.3 Å². The summed E-state index contributed by atoms with van der Waals surface area (Å²) in [5.74, 6) is 2.72. The maximum atomic E-state index is 12.0. The summed E-state index contributed by atoms with van der Waals surface area (Å²) < 4.78 is 0. The van der Waals surface area contributed by atoms with Crippen LogP contribution in [-0.4, -0.2) is 55.5 Å². The van der Waals surface area contributed by atoms with E-state index in [0.29, 0.717) is 6.54 Å². The van der Waals surface area contributed by atoms with Gasteiger partial charge in [-0.25, -0.2) is 0 Å². The van der Waals surface area contributed by atoms with Crippen LogP contribution in [0.1, 0.15) is 5.56 Å². The van der Waals surface area contributed by atoms with E-state index in [1.807, 2.05) is 29.2 Å². The number of rotatable bonds is 3. The zero-order chi connectivity index (χ0) is 13.7. The first kappa shape index (κ1) is 13.4. The van der Waals surface area contributed by atoms with Crippen LogP contribution in [0.2, 0.25) is 0 Å². The van der Waals surface area contributed by atoms with Crippen LogP contribution in [0.15, 0.2) is 24.3 Å². The molecule has 4 nitrogen and oxygen atoms in total. The lowest BCUT2D eigenvalue weighted by atomic mass is 10.2. The number of anilines is 1. The number of likely N-dealkylation sites (N-methyl/N-ethyl adjacent to an activating group) is 1. The number of amides is 1. The molecule has 0 saturated carbocycles. The van der Waals surface area contributed by atoms with Crippen LogP contribution in [0.4, 0.5) is 5.69 Å². The summed E-state index contributed by atoms with van der Waals surface area (Å²) >= 11 is 0. The van der Waals surface area contributed by atoms with E-state index in [0.717, 1.165) is 37.4 Å². The minimum absolute atomic E-state index is 0.138. The largest absolute Gasteiger partial charge is 0.376 e. The summed E-state index contributed by atoms with van der Waals surface area (Å²) in [5.41, 5.74) is 1.70. The molecule has 0 unspecified atom stereocenters. The molecule has 19 heavy (non-hydrogen) atoms. The van der Waals surface area contributed by atoms with Crippen molar-refractivity contribution in [2.24, 2.45) is 0 Å². The Balaban J connectivity index is 1.84. The number of carbonyl (C=O) groups is 1. The first-order chi connectivity index (χ1) is 9.19. The molecule has 1 N–H and O–H groups in total. The Bertz CT molecular complexity index is 484. The van der Waals surface area contributed by atoms with Crippen molar-refractivity contribution in [2.45, 2.75) is 0 Å². The van der Waals surface area contributed by atoms with E-state index in [9.17, 15) is 4.79 Å². The molecule has 0 aliphatic carbocycles. The first-order valence-corrected chi connectivity index (χ1v) is 6.46. The topological polar surface area (TPSA) is 35.6 Å². The van der Waals surface area contributed by atoms with Gasteiger partial charge in [-0.3, -0.25) is 4.79 Å². The molecule has 1 amide bonds. The Hall–Kier alpha value is -1.99. The quantitative estimate of drug-likeness (QED) is 0.816. The molecule has 0 aromatic heterocycles. The maximum Gasteiger partial charge on any atom is 0.241 e. The summed E-state index contributed by atoms with van der Waals surface area (Å²) in [5, 5.41) is 3.13. The maximum absolute atomic E-state index is 12.0. The highest BCUT2D eigenvalue weighted by molar-refractivity contribution is 5.81. The van der Waals surface area contributed by atoms with Crippen LogP contribution in [0.5, 0.6) is 0 Å². The Morgan fingerprint density at radius 2 is 2.11 bits per heavy atom. The SMILES string of the molecule is C#Cc1cccc(NCC(=O)N2CCN(C)CC2)c1. The van der Waals surface area contributed by atoms with E-state index in [1.54, 1.807) is 0 Å². The fraction of sp³-hybridized carbons (Fsp3) is 0.400. The molecule has 1 aromatic carbocycles. The van der Waals surface area contributed by atoms with Gasteiger partial charge in [0.05, 0.1) is 6.54 Å². The molecule has 4 heteroatoms. The smallest absolute Gasteiger partial charge is 0.241 e. The second kappa shape index (κ2) is 6.26. The Morgan fingerprint density at radius 1 is 1.37 bits per heavy atom. The second-order valence-electron chi connectivity index (χ2n) is 4.76. The van der Waals surface area contributed by atoms with Crippen molar-refractivity contribution in [1.82, 2.24) is 9.80 Å². The number of nitrogens with one attached hydrogen (secondary N) is 1. The molecule has 1 aliphatic heterocycles. The Kier molecular flexibility index (Phi) is 4.43. The lowest BCUT2D eigenvalue weighted by molar-refractivity contribution is -0.130. The van der Waals surface area contributed by atoms with E-state index in [2.05, 4.69) is 23.2 Å². The van der Waals surface area contributed by atoms with Gasteiger partial charge < -0.3 is 15.1 Å². The molecule has 1 saturated heterocycles. The van der Waals surface area contributed by atoms with Crippen LogP contribution in [0.3, 0.4) is 0 Å². The summed E-state index contributed by atoms with van der Waals surface area (Å²) in [4.78, 5) is 16.2. The molecule has 0 atom stereocenters. The molecule has 1 aliphatic rings. The molecule has 0 radical (unpaired) electrons. The van der Waals surface area contributed by atoms with Gasteiger partial charge in [0.1, 0.15) is 0 Å². The predicted molar refractivity (Wildman–Crippen MR) is 76.9 cm³/mol. The third-order valence-corrected chi connectivity index (χ3v) is 3.33. The lowest BCUT2D eigenvalue weighted by Crippen LogP contribution is -2.48. The summed E-state index contributed by atoms with van der Waals surface area (Å²) in [6.07, 6.45) is 5.35. The minimum Gasteiger partial charge on any atom is -0.376 e. The highest BCUT2D eigenvalue weighted by Gasteiger charge is 2.18. The van der Waals surface area contributed by atoms with Crippen molar-refractivity contribution >= 4 is 11.6 Å². The second-order valence-corrected chi connectivity index (χ2v) is 4.76. The molecule has 2 rings (SSSR count). The van der Waals surface area contributed by atoms with Gasteiger partial charge >= 0.3 is 0 Å². The molecule has 1 aromatic rings. The molecule has 1 heterocycles. The number of hydrogen-bond donors (Lipinski definition) is 1. The van der Waals surface area contributed by atoms with Crippen molar-refractivity contribution in [2.75, 3.05) is 45.1 Å². The van der Waals surface area contributed by atoms with Crippen LogP contribution < -0.4 is 5.32 Å². The van der Waals surface area contributed by atoms with E-state index in [4.69, 9.17) is 6.42 Å². The van der Waals surface area contributed by atoms with Crippen LogP contribution in [-0.2, 0) is 4.79 Å². The molecule has 0 bridgehead atoms. The number of terminal acetylenes is 1. The average molecular weight is 257 g/mol. The fourth-order valence-corrected chi connectivity index (χ4v) is 2.06. The standard InChI is InChI=1S/C15H19N3O/c1-3-13-5-4-6-14(11-13)16-12-15(19)18-9-7-17(2)8-10-18/h1,4-6,11,16H,7-10,12H2,2H3. The fourth-order valence-electron chi connectivity index (χ4n) is 2.06. The lowest BCUT2D eigenvalue weighted by Gasteiger charge is -2.32. The highest BCUT2D eigenvalue weighted by Crippen LogP contribution is 2.09. The number of nitrogens with zero attached hydrogens (tertiary/aromatic N) is 2. The van der Waals surface area contributed by atoms with Gasteiger partial charge in [-0.05, 0) is 25.2 Å².